The first-order chi connectivity index (χ1) is 9.88. The fraction of sp³-hybridized carbons (Fsp3) is 0.688. The highest BCUT2D eigenvalue weighted by Crippen LogP contribution is 2.23. The monoisotopic (exact) mass is 278 g/mol. The number of hydrogen-bond acceptors (Lipinski definition) is 4. The van der Waals surface area contributed by atoms with E-state index in [0.717, 1.165) is 18.2 Å². The molecule has 0 spiro atoms. The van der Waals surface area contributed by atoms with Crippen LogP contribution in [0.4, 0.5) is 5.69 Å². The lowest BCUT2D eigenvalue weighted by Crippen LogP contribution is -2.13. The van der Waals surface area contributed by atoms with E-state index in [9.17, 15) is 0 Å². The van der Waals surface area contributed by atoms with Gasteiger partial charge in [-0.15, -0.1) is 0 Å². The number of hydrogen-bond donors (Lipinski definition) is 1. The Bertz CT molecular complexity index is 359. The Balaban J connectivity index is 1.72. The fourth-order valence-electron chi connectivity index (χ4n) is 2.63. The van der Waals surface area contributed by atoms with E-state index >= 15 is 0 Å². The van der Waals surface area contributed by atoms with Gasteiger partial charge in [0.15, 0.2) is 0 Å². The smallest absolute Gasteiger partial charge is 0.213 e. The Kier molecular flexibility index (Phi) is 6.64. The standard InChI is InChI=1S/C16H26N2O2/c1-19-10-11-20-16-9-8-15(13-18-16)17-12-14-6-4-2-3-5-7-14/h8-9,13-14,17H,2-7,10-12H2,1H3. The van der Waals surface area contributed by atoms with E-state index in [1.165, 1.54) is 38.5 Å². The molecule has 4 nitrogen and oxygen atoms in total. The number of pyridine rings is 1. The van der Waals surface area contributed by atoms with Crippen molar-refractivity contribution in [2.45, 2.75) is 38.5 Å². The first-order valence-corrected chi connectivity index (χ1v) is 7.70. The molecule has 112 valence electrons. The molecule has 1 aromatic rings. The highest BCUT2D eigenvalue weighted by atomic mass is 16.5. The largest absolute Gasteiger partial charge is 0.475 e. The summed E-state index contributed by atoms with van der Waals surface area (Å²) in [5.41, 5.74) is 1.08. The SMILES string of the molecule is COCCOc1ccc(NCC2CCCCCC2)cn1. The predicted molar refractivity (Wildman–Crippen MR) is 81.3 cm³/mol. The van der Waals surface area contributed by atoms with Gasteiger partial charge in [-0.25, -0.2) is 4.98 Å². The second-order valence-corrected chi connectivity index (χ2v) is 5.46. The molecule has 1 N–H and O–H groups in total. The summed E-state index contributed by atoms with van der Waals surface area (Å²) in [4.78, 5) is 4.29. The van der Waals surface area contributed by atoms with Gasteiger partial charge in [0.1, 0.15) is 6.61 Å². The van der Waals surface area contributed by atoms with Crippen LogP contribution in [0.2, 0.25) is 0 Å². The van der Waals surface area contributed by atoms with Gasteiger partial charge in [0, 0.05) is 19.7 Å². The van der Waals surface area contributed by atoms with E-state index in [-0.39, 0.29) is 0 Å². The van der Waals surface area contributed by atoms with Crippen molar-refractivity contribution in [1.82, 2.24) is 4.98 Å². The van der Waals surface area contributed by atoms with Gasteiger partial charge in [0.25, 0.3) is 0 Å². The summed E-state index contributed by atoms with van der Waals surface area (Å²) < 4.78 is 10.4. The first-order valence-electron chi connectivity index (χ1n) is 7.70. The zero-order valence-electron chi connectivity index (χ0n) is 12.4. The van der Waals surface area contributed by atoms with Gasteiger partial charge in [-0.1, -0.05) is 25.7 Å². The van der Waals surface area contributed by atoms with Crippen molar-refractivity contribution in [2.24, 2.45) is 5.92 Å². The number of ether oxygens (including phenoxy) is 2. The molecule has 1 aliphatic carbocycles. The van der Waals surface area contributed by atoms with Crippen LogP contribution in [0.15, 0.2) is 18.3 Å². The molecule has 0 aromatic carbocycles. The summed E-state index contributed by atoms with van der Waals surface area (Å²) in [6.45, 7) is 2.19. The zero-order valence-corrected chi connectivity index (χ0v) is 12.4. The van der Waals surface area contributed by atoms with Crippen LogP contribution in [0.3, 0.4) is 0 Å². The molecule has 1 aromatic heterocycles. The van der Waals surface area contributed by atoms with Gasteiger partial charge in [0.05, 0.1) is 18.5 Å². The van der Waals surface area contributed by atoms with Gasteiger partial charge < -0.3 is 14.8 Å². The number of aromatic nitrogens is 1. The minimum atomic E-state index is 0.540. The van der Waals surface area contributed by atoms with E-state index in [1.807, 2.05) is 18.3 Å². The van der Waals surface area contributed by atoms with Crippen molar-refractivity contribution in [3.63, 3.8) is 0 Å². The topological polar surface area (TPSA) is 43.4 Å². The summed E-state index contributed by atoms with van der Waals surface area (Å²) in [5, 5.41) is 3.49. The molecule has 0 aliphatic heterocycles. The molecular weight excluding hydrogens is 252 g/mol. The van der Waals surface area contributed by atoms with Crippen molar-refractivity contribution < 1.29 is 9.47 Å². The van der Waals surface area contributed by atoms with Gasteiger partial charge >= 0.3 is 0 Å². The van der Waals surface area contributed by atoms with Gasteiger partial charge in [-0.2, -0.15) is 0 Å². The summed E-state index contributed by atoms with van der Waals surface area (Å²) >= 11 is 0. The molecule has 1 aliphatic rings. The van der Waals surface area contributed by atoms with Gasteiger partial charge in [-0.05, 0) is 24.8 Å². The van der Waals surface area contributed by atoms with E-state index in [2.05, 4.69) is 10.3 Å². The van der Waals surface area contributed by atoms with Gasteiger partial charge in [-0.3, -0.25) is 0 Å². The summed E-state index contributed by atoms with van der Waals surface area (Å²) in [5.74, 6) is 1.47. The van der Waals surface area contributed by atoms with E-state index < -0.39 is 0 Å². The normalized spacial score (nSPS) is 16.6. The molecule has 4 heteroatoms. The zero-order chi connectivity index (χ0) is 14.0. The average molecular weight is 278 g/mol. The summed E-state index contributed by atoms with van der Waals surface area (Å²) in [6, 6.07) is 3.94. The maximum atomic E-state index is 5.45. The maximum Gasteiger partial charge on any atom is 0.213 e. The van der Waals surface area contributed by atoms with Crippen molar-refractivity contribution in [2.75, 3.05) is 32.2 Å². The van der Waals surface area contributed by atoms with Crippen molar-refractivity contribution in [3.8, 4) is 5.88 Å². The van der Waals surface area contributed by atoms with Crippen LogP contribution in [-0.4, -0.2) is 31.9 Å². The Morgan fingerprint density at radius 2 is 1.95 bits per heavy atom. The minimum Gasteiger partial charge on any atom is -0.475 e. The van der Waals surface area contributed by atoms with E-state index in [0.29, 0.717) is 19.1 Å². The molecule has 0 atom stereocenters. The first kappa shape index (κ1) is 15.1. The molecule has 0 bridgehead atoms. The summed E-state index contributed by atoms with van der Waals surface area (Å²) in [6.07, 6.45) is 10.2. The molecule has 0 amide bonds. The molecular formula is C16H26N2O2. The van der Waals surface area contributed by atoms with Crippen LogP contribution in [0, 0.1) is 5.92 Å². The second kappa shape index (κ2) is 8.80. The van der Waals surface area contributed by atoms with E-state index in [4.69, 9.17) is 9.47 Å². The lowest BCUT2D eigenvalue weighted by molar-refractivity contribution is 0.144. The summed E-state index contributed by atoms with van der Waals surface area (Å²) in [7, 11) is 1.66. The number of nitrogens with one attached hydrogen (secondary N) is 1. The maximum absolute atomic E-state index is 5.45. The van der Waals surface area contributed by atoms with Gasteiger partial charge in [0.2, 0.25) is 5.88 Å². The third-order valence-corrected chi connectivity index (χ3v) is 3.84. The molecule has 1 saturated carbocycles. The molecule has 1 heterocycles. The fourth-order valence-corrected chi connectivity index (χ4v) is 2.63. The van der Waals surface area contributed by atoms with Crippen LogP contribution in [0.25, 0.3) is 0 Å². The molecule has 0 saturated heterocycles. The van der Waals surface area contributed by atoms with Crippen molar-refractivity contribution >= 4 is 5.69 Å². The second-order valence-electron chi connectivity index (χ2n) is 5.46. The van der Waals surface area contributed by atoms with Crippen LogP contribution in [0.1, 0.15) is 38.5 Å². The van der Waals surface area contributed by atoms with Crippen molar-refractivity contribution in [1.29, 1.82) is 0 Å². The predicted octanol–water partition coefficient (Wildman–Crippen LogP) is 3.49. The molecule has 1 fully saturated rings. The quantitative estimate of drug-likeness (QED) is 0.612. The number of nitrogens with zero attached hydrogens (tertiary/aromatic N) is 1. The van der Waals surface area contributed by atoms with Crippen LogP contribution in [-0.2, 0) is 4.74 Å². The Morgan fingerprint density at radius 3 is 2.60 bits per heavy atom. The molecule has 20 heavy (non-hydrogen) atoms. The van der Waals surface area contributed by atoms with Crippen LogP contribution >= 0.6 is 0 Å². The lowest BCUT2D eigenvalue weighted by Gasteiger charge is -2.15. The third-order valence-electron chi connectivity index (χ3n) is 3.84. The van der Waals surface area contributed by atoms with Crippen LogP contribution < -0.4 is 10.1 Å². The minimum absolute atomic E-state index is 0.540. The molecule has 0 unspecified atom stereocenters. The highest BCUT2D eigenvalue weighted by Gasteiger charge is 2.11. The Labute approximate surface area is 121 Å². The average Bonchev–Trinajstić information content (AvgIpc) is 2.75. The third kappa shape index (κ3) is 5.37. The van der Waals surface area contributed by atoms with Crippen LogP contribution in [0.5, 0.6) is 5.88 Å². The number of methoxy groups -OCH3 is 1. The number of rotatable bonds is 7. The molecule has 0 radical (unpaired) electrons. The highest BCUT2D eigenvalue weighted by molar-refractivity contribution is 5.41. The Morgan fingerprint density at radius 1 is 1.15 bits per heavy atom. The van der Waals surface area contributed by atoms with Crippen molar-refractivity contribution in [3.05, 3.63) is 18.3 Å². The Hall–Kier alpha value is -1.29. The van der Waals surface area contributed by atoms with E-state index in [1.54, 1.807) is 7.11 Å². The molecule has 2 rings (SSSR count). The lowest BCUT2D eigenvalue weighted by atomic mass is 10.0. The number of anilines is 1.